The van der Waals surface area contributed by atoms with Crippen molar-refractivity contribution >= 4 is 23.6 Å². The highest BCUT2D eigenvalue weighted by atomic mass is 32.2. The zero-order valence-electron chi connectivity index (χ0n) is 16.8. The van der Waals surface area contributed by atoms with Gasteiger partial charge in [-0.1, -0.05) is 30.3 Å². The molecule has 1 unspecified atom stereocenters. The zero-order valence-corrected chi connectivity index (χ0v) is 17.6. The molecule has 1 fully saturated rings. The summed E-state index contributed by atoms with van der Waals surface area (Å²) in [7, 11) is 3.95. The number of amides is 2. The number of thioether (sulfide) groups is 1. The summed E-state index contributed by atoms with van der Waals surface area (Å²) >= 11 is 1.57. The number of carbonyl (C=O) groups excluding carboxylic acids is 2. The van der Waals surface area contributed by atoms with Crippen LogP contribution in [0.1, 0.15) is 15.9 Å². The molecule has 2 aromatic carbocycles. The fourth-order valence-electron chi connectivity index (χ4n) is 3.21. The van der Waals surface area contributed by atoms with Crippen molar-refractivity contribution in [3.8, 4) is 0 Å². The summed E-state index contributed by atoms with van der Waals surface area (Å²) in [4.78, 5) is 31.8. The maximum Gasteiger partial charge on any atom is 0.255 e. The average Bonchev–Trinajstić information content (AvgIpc) is 3.21. The summed E-state index contributed by atoms with van der Waals surface area (Å²) in [6, 6.07) is 14.8. The molecular weight excluding hydrogens is 389 g/mol. The SMILES string of the molecule is CN(C)CCN(Cc1ccccc1)C(=O)C1CSCN1C(=O)c1ccc(F)cc1. The van der Waals surface area contributed by atoms with E-state index in [-0.39, 0.29) is 17.6 Å². The third-order valence-electron chi connectivity index (χ3n) is 4.86. The predicted octanol–water partition coefficient (Wildman–Crippen LogP) is 2.93. The molecule has 5 nitrogen and oxygen atoms in total. The summed E-state index contributed by atoms with van der Waals surface area (Å²) < 4.78 is 13.2. The van der Waals surface area contributed by atoms with Crippen LogP contribution < -0.4 is 0 Å². The molecule has 0 saturated carbocycles. The Bertz CT molecular complexity index is 830. The minimum Gasteiger partial charge on any atom is -0.335 e. The van der Waals surface area contributed by atoms with E-state index in [4.69, 9.17) is 0 Å². The lowest BCUT2D eigenvalue weighted by molar-refractivity contribution is -0.135. The molecule has 0 aliphatic carbocycles. The van der Waals surface area contributed by atoms with E-state index in [0.717, 1.165) is 12.1 Å². The van der Waals surface area contributed by atoms with Gasteiger partial charge in [-0.15, -0.1) is 11.8 Å². The van der Waals surface area contributed by atoms with E-state index in [1.165, 1.54) is 24.3 Å². The Labute approximate surface area is 175 Å². The molecule has 0 radical (unpaired) electrons. The van der Waals surface area contributed by atoms with Crippen molar-refractivity contribution in [1.29, 1.82) is 0 Å². The molecule has 2 aromatic rings. The molecule has 0 aromatic heterocycles. The first-order valence-electron chi connectivity index (χ1n) is 9.57. The highest BCUT2D eigenvalue weighted by Gasteiger charge is 2.37. The molecule has 1 saturated heterocycles. The van der Waals surface area contributed by atoms with Crippen molar-refractivity contribution in [2.24, 2.45) is 0 Å². The molecule has 2 amide bonds. The molecule has 0 N–H and O–H groups in total. The quantitative estimate of drug-likeness (QED) is 0.698. The van der Waals surface area contributed by atoms with Crippen molar-refractivity contribution in [2.45, 2.75) is 12.6 Å². The van der Waals surface area contributed by atoms with Gasteiger partial charge < -0.3 is 14.7 Å². The highest BCUT2D eigenvalue weighted by Crippen LogP contribution is 2.25. The highest BCUT2D eigenvalue weighted by molar-refractivity contribution is 7.99. The van der Waals surface area contributed by atoms with Crippen molar-refractivity contribution < 1.29 is 14.0 Å². The van der Waals surface area contributed by atoms with Gasteiger partial charge in [-0.2, -0.15) is 0 Å². The molecule has 7 heteroatoms. The summed E-state index contributed by atoms with van der Waals surface area (Å²) in [5, 5.41) is 0. The van der Waals surface area contributed by atoms with Crippen LogP contribution in [0.15, 0.2) is 54.6 Å². The normalized spacial score (nSPS) is 16.3. The van der Waals surface area contributed by atoms with Gasteiger partial charge in [0.05, 0.1) is 5.88 Å². The second kappa shape index (κ2) is 9.89. The minimum atomic E-state index is -0.511. The molecule has 1 heterocycles. The second-order valence-corrected chi connectivity index (χ2v) is 8.35. The van der Waals surface area contributed by atoms with Gasteiger partial charge in [-0.3, -0.25) is 9.59 Å². The van der Waals surface area contributed by atoms with Gasteiger partial charge in [0.1, 0.15) is 11.9 Å². The lowest BCUT2D eigenvalue weighted by atomic mass is 10.1. The van der Waals surface area contributed by atoms with Gasteiger partial charge >= 0.3 is 0 Å². The van der Waals surface area contributed by atoms with E-state index in [9.17, 15) is 14.0 Å². The number of nitrogens with zero attached hydrogens (tertiary/aromatic N) is 3. The maximum atomic E-state index is 13.4. The van der Waals surface area contributed by atoms with Crippen LogP contribution in [-0.4, -0.2) is 71.4 Å². The average molecular weight is 416 g/mol. The van der Waals surface area contributed by atoms with Crippen LogP contribution in [0.3, 0.4) is 0 Å². The number of benzene rings is 2. The second-order valence-electron chi connectivity index (χ2n) is 7.35. The Morgan fingerprint density at radius 1 is 1.07 bits per heavy atom. The predicted molar refractivity (Wildman–Crippen MR) is 114 cm³/mol. The van der Waals surface area contributed by atoms with Crippen LogP contribution in [0.4, 0.5) is 4.39 Å². The van der Waals surface area contributed by atoms with Gasteiger partial charge in [-0.05, 0) is 43.9 Å². The largest absolute Gasteiger partial charge is 0.335 e. The molecule has 1 atom stereocenters. The first kappa shape index (κ1) is 21.3. The van der Waals surface area contributed by atoms with E-state index in [2.05, 4.69) is 0 Å². The topological polar surface area (TPSA) is 43.9 Å². The van der Waals surface area contributed by atoms with Gasteiger partial charge in [0.2, 0.25) is 5.91 Å². The Hall–Kier alpha value is -2.38. The lowest BCUT2D eigenvalue weighted by Gasteiger charge is -2.31. The van der Waals surface area contributed by atoms with Crippen LogP contribution in [-0.2, 0) is 11.3 Å². The summed E-state index contributed by atoms with van der Waals surface area (Å²) in [5.41, 5.74) is 1.45. The van der Waals surface area contributed by atoms with Crippen molar-refractivity contribution in [2.75, 3.05) is 38.8 Å². The first-order valence-corrected chi connectivity index (χ1v) is 10.7. The maximum absolute atomic E-state index is 13.4. The van der Waals surface area contributed by atoms with Crippen LogP contribution >= 0.6 is 11.8 Å². The van der Waals surface area contributed by atoms with Crippen molar-refractivity contribution in [3.63, 3.8) is 0 Å². The van der Waals surface area contributed by atoms with Gasteiger partial charge in [0.15, 0.2) is 0 Å². The summed E-state index contributed by atoms with van der Waals surface area (Å²) in [6.45, 7) is 1.83. The summed E-state index contributed by atoms with van der Waals surface area (Å²) in [5.74, 6) is 0.359. The summed E-state index contributed by atoms with van der Waals surface area (Å²) in [6.07, 6.45) is 0. The number of hydrogen-bond donors (Lipinski definition) is 0. The number of rotatable bonds is 7. The van der Waals surface area contributed by atoms with Crippen LogP contribution in [0.2, 0.25) is 0 Å². The fourth-order valence-corrected chi connectivity index (χ4v) is 4.35. The molecule has 154 valence electrons. The first-order chi connectivity index (χ1) is 14.0. The third kappa shape index (κ3) is 5.58. The minimum absolute atomic E-state index is 0.0452. The van der Waals surface area contributed by atoms with E-state index in [1.807, 2.05) is 54.2 Å². The number of carbonyl (C=O) groups is 2. The van der Waals surface area contributed by atoms with Gasteiger partial charge in [0, 0.05) is 31.0 Å². The Morgan fingerprint density at radius 2 is 1.76 bits per heavy atom. The lowest BCUT2D eigenvalue weighted by Crippen LogP contribution is -2.50. The molecule has 29 heavy (non-hydrogen) atoms. The Balaban J connectivity index is 1.77. The molecular formula is C22H26FN3O2S. The molecule has 3 rings (SSSR count). The number of hydrogen-bond acceptors (Lipinski definition) is 4. The van der Waals surface area contributed by atoms with Gasteiger partial charge in [0.25, 0.3) is 5.91 Å². The van der Waals surface area contributed by atoms with Crippen LogP contribution in [0, 0.1) is 5.82 Å². The van der Waals surface area contributed by atoms with E-state index in [0.29, 0.717) is 30.3 Å². The Kier molecular flexibility index (Phi) is 7.28. The fraction of sp³-hybridized carbons (Fsp3) is 0.364. The zero-order chi connectivity index (χ0) is 20.8. The van der Waals surface area contributed by atoms with Crippen LogP contribution in [0.25, 0.3) is 0 Å². The molecule has 0 bridgehead atoms. The third-order valence-corrected chi connectivity index (χ3v) is 5.88. The molecule has 0 spiro atoms. The monoisotopic (exact) mass is 415 g/mol. The van der Waals surface area contributed by atoms with E-state index in [1.54, 1.807) is 16.7 Å². The number of halogens is 1. The molecule has 1 aliphatic rings. The number of likely N-dealkylation sites (N-methyl/N-ethyl adjacent to an activating group) is 1. The standard InChI is InChI=1S/C22H26FN3O2S/c1-24(2)12-13-25(14-17-6-4-3-5-7-17)22(28)20-15-29-16-26(20)21(27)18-8-10-19(23)11-9-18/h3-11,20H,12-16H2,1-2H3. The molecule has 1 aliphatic heterocycles. The Morgan fingerprint density at radius 3 is 2.41 bits per heavy atom. The van der Waals surface area contributed by atoms with Crippen LogP contribution in [0.5, 0.6) is 0 Å². The smallest absolute Gasteiger partial charge is 0.255 e. The van der Waals surface area contributed by atoms with Crippen molar-refractivity contribution in [3.05, 3.63) is 71.5 Å². The van der Waals surface area contributed by atoms with Crippen molar-refractivity contribution in [1.82, 2.24) is 14.7 Å². The van der Waals surface area contributed by atoms with E-state index < -0.39 is 6.04 Å². The van der Waals surface area contributed by atoms with Gasteiger partial charge in [-0.25, -0.2) is 4.39 Å². The van der Waals surface area contributed by atoms with E-state index >= 15 is 0 Å².